The van der Waals surface area contributed by atoms with Gasteiger partial charge in [0.25, 0.3) is 0 Å². The standard InChI is InChI=1S/C17H19ClN2O2/c1-21-14-5-3-13(4-6-14)20-9-8-15(11-20)22-17-7-2-12(19)10-16(17)18/h2-7,10,15H,8-9,11,19H2,1H3/t15-/m0/s1. The molecule has 1 heterocycles. The van der Waals surface area contributed by atoms with Crippen molar-refractivity contribution >= 4 is 23.0 Å². The van der Waals surface area contributed by atoms with E-state index in [1.54, 1.807) is 19.2 Å². The zero-order valence-corrected chi connectivity index (χ0v) is 13.2. The first kappa shape index (κ1) is 14.9. The number of methoxy groups -OCH3 is 1. The number of nitrogens with zero attached hydrogens (tertiary/aromatic N) is 1. The molecule has 0 radical (unpaired) electrons. The first-order chi connectivity index (χ1) is 10.7. The highest BCUT2D eigenvalue weighted by molar-refractivity contribution is 6.32. The van der Waals surface area contributed by atoms with Gasteiger partial charge in [0.15, 0.2) is 0 Å². The van der Waals surface area contributed by atoms with Crippen molar-refractivity contribution in [3.05, 3.63) is 47.5 Å². The number of halogens is 1. The molecule has 1 fully saturated rings. The lowest BCUT2D eigenvalue weighted by Crippen LogP contribution is -2.24. The zero-order chi connectivity index (χ0) is 15.5. The molecule has 2 aromatic rings. The Labute approximate surface area is 135 Å². The molecule has 0 spiro atoms. The molecule has 0 unspecified atom stereocenters. The fourth-order valence-electron chi connectivity index (χ4n) is 2.64. The lowest BCUT2D eigenvalue weighted by molar-refractivity contribution is 0.225. The zero-order valence-electron chi connectivity index (χ0n) is 12.5. The Morgan fingerprint density at radius 2 is 1.95 bits per heavy atom. The van der Waals surface area contributed by atoms with E-state index < -0.39 is 0 Å². The third kappa shape index (κ3) is 3.22. The second-order valence-electron chi connectivity index (χ2n) is 5.36. The number of ether oxygens (including phenoxy) is 2. The first-order valence-electron chi connectivity index (χ1n) is 7.26. The number of hydrogen-bond acceptors (Lipinski definition) is 4. The summed E-state index contributed by atoms with van der Waals surface area (Å²) in [6.45, 7) is 1.80. The smallest absolute Gasteiger partial charge is 0.138 e. The Morgan fingerprint density at radius 3 is 2.64 bits per heavy atom. The highest BCUT2D eigenvalue weighted by atomic mass is 35.5. The average Bonchev–Trinajstić information content (AvgIpc) is 2.99. The fourth-order valence-corrected chi connectivity index (χ4v) is 2.88. The lowest BCUT2D eigenvalue weighted by Gasteiger charge is -2.19. The molecule has 3 rings (SSSR count). The van der Waals surface area contributed by atoms with Crippen molar-refractivity contribution in [2.75, 3.05) is 30.8 Å². The Morgan fingerprint density at radius 1 is 1.18 bits per heavy atom. The third-order valence-electron chi connectivity index (χ3n) is 3.83. The van der Waals surface area contributed by atoms with Gasteiger partial charge in [-0.15, -0.1) is 0 Å². The molecule has 5 heteroatoms. The summed E-state index contributed by atoms with van der Waals surface area (Å²) < 4.78 is 11.2. The van der Waals surface area contributed by atoms with Crippen molar-refractivity contribution in [1.82, 2.24) is 0 Å². The number of benzene rings is 2. The predicted molar refractivity (Wildman–Crippen MR) is 90.1 cm³/mol. The van der Waals surface area contributed by atoms with Crippen LogP contribution in [-0.2, 0) is 0 Å². The maximum atomic E-state index is 6.16. The molecule has 0 saturated carbocycles. The molecular weight excluding hydrogens is 300 g/mol. The molecule has 22 heavy (non-hydrogen) atoms. The second-order valence-corrected chi connectivity index (χ2v) is 5.77. The van der Waals surface area contributed by atoms with Gasteiger partial charge < -0.3 is 20.1 Å². The molecule has 2 N–H and O–H groups in total. The van der Waals surface area contributed by atoms with Crippen LogP contribution in [0.4, 0.5) is 11.4 Å². The van der Waals surface area contributed by atoms with Gasteiger partial charge in [0.05, 0.1) is 18.7 Å². The van der Waals surface area contributed by atoms with Crippen LogP contribution in [0.25, 0.3) is 0 Å². The van der Waals surface area contributed by atoms with E-state index in [1.165, 1.54) is 5.69 Å². The Kier molecular flexibility index (Phi) is 4.29. The first-order valence-corrected chi connectivity index (χ1v) is 7.64. The number of nitrogens with two attached hydrogens (primary N) is 1. The largest absolute Gasteiger partial charge is 0.497 e. The molecule has 1 atom stereocenters. The lowest BCUT2D eigenvalue weighted by atomic mass is 10.3. The van der Waals surface area contributed by atoms with E-state index in [2.05, 4.69) is 17.0 Å². The average molecular weight is 319 g/mol. The molecule has 1 saturated heterocycles. The van der Waals surface area contributed by atoms with Crippen LogP contribution >= 0.6 is 11.6 Å². The molecular formula is C17H19ClN2O2. The molecule has 0 aliphatic carbocycles. The van der Waals surface area contributed by atoms with E-state index in [1.807, 2.05) is 18.2 Å². The molecule has 0 bridgehead atoms. The summed E-state index contributed by atoms with van der Waals surface area (Å²) in [5.74, 6) is 1.56. The predicted octanol–water partition coefficient (Wildman–Crippen LogP) is 3.59. The monoisotopic (exact) mass is 318 g/mol. The van der Waals surface area contributed by atoms with Crippen LogP contribution in [-0.4, -0.2) is 26.3 Å². The quantitative estimate of drug-likeness (QED) is 0.875. The van der Waals surface area contributed by atoms with Gasteiger partial charge in [0.2, 0.25) is 0 Å². The van der Waals surface area contributed by atoms with Gasteiger partial charge >= 0.3 is 0 Å². The van der Waals surface area contributed by atoms with Crippen molar-refractivity contribution < 1.29 is 9.47 Å². The number of rotatable bonds is 4. The van der Waals surface area contributed by atoms with Crippen molar-refractivity contribution in [2.24, 2.45) is 0 Å². The summed E-state index contributed by atoms with van der Waals surface area (Å²) in [6, 6.07) is 13.4. The van der Waals surface area contributed by atoms with Crippen molar-refractivity contribution in [3.63, 3.8) is 0 Å². The van der Waals surface area contributed by atoms with Gasteiger partial charge in [-0.25, -0.2) is 0 Å². The number of nitrogen functional groups attached to an aromatic ring is 1. The molecule has 1 aliphatic rings. The van der Waals surface area contributed by atoms with E-state index >= 15 is 0 Å². The molecule has 2 aromatic carbocycles. The van der Waals surface area contributed by atoms with Crippen molar-refractivity contribution in [2.45, 2.75) is 12.5 Å². The summed E-state index contributed by atoms with van der Waals surface area (Å²) in [4.78, 5) is 2.30. The second kappa shape index (κ2) is 6.36. The van der Waals surface area contributed by atoms with E-state index in [9.17, 15) is 0 Å². The molecule has 4 nitrogen and oxygen atoms in total. The summed E-state index contributed by atoms with van der Waals surface area (Å²) in [7, 11) is 1.67. The van der Waals surface area contributed by atoms with Crippen LogP contribution in [0.1, 0.15) is 6.42 Å². The Bertz CT molecular complexity index is 646. The van der Waals surface area contributed by atoms with Crippen LogP contribution in [0.5, 0.6) is 11.5 Å². The SMILES string of the molecule is COc1ccc(N2CC[C@H](Oc3ccc(N)cc3Cl)C2)cc1. The summed E-state index contributed by atoms with van der Waals surface area (Å²) in [5, 5.41) is 0.558. The van der Waals surface area contributed by atoms with Gasteiger partial charge in [-0.05, 0) is 42.5 Å². The van der Waals surface area contributed by atoms with Crippen molar-refractivity contribution in [3.8, 4) is 11.5 Å². The van der Waals surface area contributed by atoms with Crippen LogP contribution in [0.15, 0.2) is 42.5 Å². The van der Waals surface area contributed by atoms with Gasteiger partial charge in [0, 0.05) is 24.3 Å². The van der Waals surface area contributed by atoms with Crippen LogP contribution in [0.2, 0.25) is 5.02 Å². The number of anilines is 2. The summed E-state index contributed by atoms with van der Waals surface area (Å²) in [5.41, 5.74) is 7.52. The minimum atomic E-state index is 0.128. The highest BCUT2D eigenvalue weighted by Crippen LogP contribution is 2.30. The van der Waals surface area contributed by atoms with Gasteiger partial charge in [-0.1, -0.05) is 11.6 Å². The topological polar surface area (TPSA) is 47.7 Å². The molecule has 0 aromatic heterocycles. The molecule has 0 amide bonds. The Hall–Kier alpha value is -2.07. The van der Waals surface area contributed by atoms with E-state index in [0.29, 0.717) is 16.5 Å². The number of hydrogen-bond donors (Lipinski definition) is 1. The van der Waals surface area contributed by atoms with E-state index in [0.717, 1.165) is 25.3 Å². The normalized spacial score (nSPS) is 17.5. The summed E-state index contributed by atoms with van der Waals surface area (Å²) >= 11 is 6.16. The minimum Gasteiger partial charge on any atom is -0.497 e. The van der Waals surface area contributed by atoms with Crippen LogP contribution in [0.3, 0.4) is 0 Å². The fraction of sp³-hybridized carbons (Fsp3) is 0.294. The van der Waals surface area contributed by atoms with Crippen LogP contribution < -0.4 is 20.1 Å². The van der Waals surface area contributed by atoms with E-state index in [4.69, 9.17) is 26.8 Å². The van der Waals surface area contributed by atoms with Gasteiger partial charge in [0.1, 0.15) is 17.6 Å². The Balaban J connectivity index is 1.64. The van der Waals surface area contributed by atoms with Crippen LogP contribution in [0, 0.1) is 0 Å². The van der Waals surface area contributed by atoms with Gasteiger partial charge in [-0.2, -0.15) is 0 Å². The maximum absolute atomic E-state index is 6.16. The van der Waals surface area contributed by atoms with Crippen molar-refractivity contribution in [1.29, 1.82) is 0 Å². The molecule has 1 aliphatic heterocycles. The van der Waals surface area contributed by atoms with E-state index in [-0.39, 0.29) is 6.10 Å². The summed E-state index contributed by atoms with van der Waals surface area (Å²) in [6.07, 6.45) is 1.09. The maximum Gasteiger partial charge on any atom is 0.138 e. The highest BCUT2D eigenvalue weighted by Gasteiger charge is 2.24. The molecule has 116 valence electrons. The minimum absolute atomic E-state index is 0.128. The van der Waals surface area contributed by atoms with Gasteiger partial charge in [-0.3, -0.25) is 0 Å². The third-order valence-corrected chi connectivity index (χ3v) is 4.13.